The molecule has 32 heavy (non-hydrogen) atoms. The van der Waals surface area contributed by atoms with Crippen molar-refractivity contribution in [3.63, 3.8) is 0 Å². The number of rotatable bonds is 6. The Kier molecular flexibility index (Phi) is 6.79. The summed E-state index contributed by atoms with van der Waals surface area (Å²) in [5, 5.41) is 11.4. The van der Waals surface area contributed by atoms with Crippen LogP contribution in [0.5, 0.6) is 5.75 Å². The minimum Gasteiger partial charge on any atom is -0.490 e. The van der Waals surface area contributed by atoms with Gasteiger partial charge in [-0.15, -0.1) is 0 Å². The summed E-state index contributed by atoms with van der Waals surface area (Å²) in [4.78, 5) is 29.2. The molecule has 0 bridgehead atoms. The summed E-state index contributed by atoms with van der Waals surface area (Å²) in [7, 11) is 0. The minimum absolute atomic E-state index is 0.0397. The van der Waals surface area contributed by atoms with Gasteiger partial charge in [0.1, 0.15) is 23.9 Å². The Hall–Kier alpha value is -4.27. The summed E-state index contributed by atoms with van der Waals surface area (Å²) in [5.74, 6) is 4.28. The van der Waals surface area contributed by atoms with Crippen LogP contribution < -0.4 is 15.4 Å². The predicted octanol–water partition coefficient (Wildman–Crippen LogP) is 2.32. The highest BCUT2D eigenvalue weighted by Crippen LogP contribution is 2.32. The van der Waals surface area contributed by atoms with E-state index in [2.05, 4.69) is 42.6 Å². The highest BCUT2D eigenvalue weighted by molar-refractivity contribution is 6.05. The molecule has 3 aromatic rings. The van der Waals surface area contributed by atoms with Crippen LogP contribution in [0, 0.1) is 11.8 Å². The van der Waals surface area contributed by atoms with Gasteiger partial charge >= 0.3 is 12.1 Å². The molecule has 166 valence electrons. The molecule has 0 saturated carbocycles. The first kappa shape index (κ1) is 22.4. The van der Waals surface area contributed by atoms with Gasteiger partial charge in [-0.1, -0.05) is 5.92 Å². The van der Waals surface area contributed by atoms with Gasteiger partial charge in [0.05, 0.1) is 30.2 Å². The van der Waals surface area contributed by atoms with Crippen molar-refractivity contribution in [2.75, 3.05) is 18.5 Å². The van der Waals surface area contributed by atoms with Crippen molar-refractivity contribution in [3.8, 4) is 29.0 Å². The van der Waals surface area contributed by atoms with Gasteiger partial charge in [-0.2, -0.15) is 18.3 Å². The lowest BCUT2D eigenvalue weighted by atomic mass is 10.1. The van der Waals surface area contributed by atoms with E-state index in [-0.39, 0.29) is 41.9 Å². The summed E-state index contributed by atoms with van der Waals surface area (Å²) in [6.45, 7) is 1.68. The molecule has 0 atom stereocenters. The number of carbonyl (C=O) groups is 2. The maximum atomic E-state index is 12.9. The summed E-state index contributed by atoms with van der Waals surface area (Å²) >= 11 is 0. The van der Waals surface area contributed by atoms with Gasteiger partial charge in [0.2, 0.25) is 5.91 Å². The summed E-state index contributed by atoms with van der Waals surface area (Å²) in [6.07, 6.45) is -0.946. The maximum Gasteiger partial charge on any atom is 0.432 e. The molecule has 1 aromatic carbocycles. The van der Waals surface area contributed by atoms with Crippen LogP contribution in [0.3, 0.4) is 0 Å². The molecule has 0 saturated heterocycles. The lowest BCUT2D eigenvalue weighted by molar-refractivity contribution is -0.140. The third-order valence-corrected chi connectivity index (χ3v) is 3.93. The van der Waals surface area contributed by atoms with Crippen molar-refractivity contribution in [1.29, 1.82) is 0 Å². The van der Waals surface area contributed by atoms with Crippen LogP contribution in [0.4, 0.5) is 18.9 Å². The first-order chi connectivity index (χ1) is 15.2. The first-order valence-electron chi connectivity index (χ1n) is 9.18. The molecular weight excluding hydrogens is 429 g/mol. The molecule has 4 N–H and O–H groups in total. The molecule has 3 rings (SSSR count). The molecule has 0 aliphatic carbocycles. The highest BCUT2D eigenvalue weighted by Gasteiger charge is 2.33. The normalized spacial score (nSPS) is 10.8. The second-order valence-corrected chi connectivity index (χ2v) is 6.38. The molecule has 2 amide bonds. The van der Waals surface area contributed by atoms with Gasteiger partial charge in [0, 0.05) is 24.6 Å². The Morgan fingerprint density at radius 1 is 1.25 bits per heavy atom. The second kappa shape index (κ2) is 9.69. The van der Waals surface area contributed by atoms with E-state index in [1.807, 2.05) is 0 Å². The Morgan fingerprint density at radius 2 is 2.06 bits per heavy atom. The average molecular weight is 446 g/mol. The number of carbonyl (C=O) groups excluding carboxylic acids is 2. The fraction of sp³-hybridized carbons (Fsp3) is 0.200. The fourth-order valence-electron chi connectivity index (χ4n) is 2.50. The van der Waals surface area contributed by atoms with Crippen LogP contribution >= 0.6 is 0 Å². The van der Waals surface area contributed by atoms with E-state index in [1.165, 1.54) is 37.5 Å². The molecule has 0 spiro atoms. The highest BCUT2D eigenvalue weighted by atomic mass is 19.4. The van der Waals surface area contributed by atoms with Crippen LogP contribution in [0.2, 0.25) is 0 Å². The van der Waals surface area contributed by atoms with E-state index in [1.54, 1.807) is 0 Å². The number of imidazole rings is 1. The van der Waals surface area contributed by atoms with Crippen molar-refractivity contribution in [2.24, 2.45) is 0 Å². The number of hydrogen-bond acceptors (Lipinski definition) is 5. The van der Waals surface area contributed by atoms with Gasteiger partial charge in [-0.25, -0.2) is 4.98 Å². The lowest BCUT2D eigenvalue weighted by Crippen LogP contribution is -2.25. The first-order valence-corrected chi connectivity index (χ1v) is 9.18. The fourth-order valence-corrected chi connectivity index (χ4v) is 2.50. The number of H-pyrrole nitrogens is 2. The maximum absolute atomic E-state index is 12.9. The molecule has 0 fully saturated rings. The van der Waals surface area contributed by atoms with E-state index in [0.717, 1.165) is 0 Å². The average Bonchev–Trinajstić information content (AvgIpc) is 3.42. The van der Waals surface area contributed by atoms with Crippen LogP contribution in [0.25, 0.3) is 11.4 Å². The van der Waals surface area contributed by atoms with Crippen molar-refractivity contribution in [1.82, 2.24) is 25.5 Å². The van der Waals surface area contributed by atoms with Gasteiger partial charge in [0.15, 0.2) is 0 Å². The van der Waals surface area contributed by atoms with Gasteiger partial charge in [-0.3, -0.25) is 14.7 Å². The number of halogens is 3. The quantitative estimate of drug-likeness (QED) is 0.342. The molecule has 2 aromatic heterocycles. The minimum atomic E-state index is -4.57. The summed E-state index contributed by atoms with van der Waals surface area (Å²) in [6, 6.07) is 4.36. The predicted molar refractivity (Wildman–Crippen MR) is 107 cm³/mol. The Bertz CT molecular complexity index is 1160. The summed E-state index contributed by atoms with van der Waals surface area (Å²) in [5.41, 5.74) is -0.0507. The Morgan fingerprint density at radius 3 is 2.72 bits per heavy atom. The van der Waals surface area contributed by atoms with Crippen molar-refractivity contribution < 1.29 is 27.5 Å². The number of benzene rings is 1. The standard InChI is InChI=1S/C20H17F3N6O3/c1-12(30)24-6-7-32-16-4-3-14(19-25-11-17(29-19)20(21,22)23)8-15(16)28-18(31)5-2-13-9-26-27-10-13/h3-4,8-11H,6-7H2,1H3,(H,24,30)(H,25,29)(H,26,27)(H,28,31). The van der Waals surface area contributed by atoms with Crippen molar-refractivity contribution in [3.05, 3.63) is 48.0 Å². The number of aromatic amines is 2. The molecule has 12 heteroatoms. The zero-order chi connectivity index (χ0) is 23.1. The van der Waals surface area contributed by atoms with Gasteiger partial charge in [-0.05, 0) is 18.2 Å². The zero-order valence-corrected chi connectivity index (χ0v) is 16.6. The number of nitrogens with zero attached hydrogens (tertiary/aromatic N) is 2. The van der Waals surface area contributed by atoms with E-state index in [0.29, 0.717) is 11.8 Å². The number of hydrogen-bond donors (Lipinski definition) is 4. The van der Waals surface area contributed by atoms with Crippen molar-refractivity contribution in [2.45, 2.75) is 13.1 Å². The molecule has 9 nitrogen and oxygen atoms in total. The monoisotopic (exact) mass is 446 g/mol. The number of anilines is 1. The number of amides is 2. The molecule has 2 heterocycles. The van der Waals surface area contributed by atoms with Gasteiger partial charge in [0.25, 0.3) is 0 Å². The molecule has 0 aliphatic rings. The number of nitrogens with one attached hydrogen (secondary N) is 4. The third kappa shape index (κ3) is 6.11. The Balaban J connectivity index is 1.83. The smallest absolute Gasteiger partial charge is 0.432 e. The number of ether oxygens (including phenoxy) is 1. The Labute approximate surface area is 179 Å². The second-order valence-electron chi connectivity index (χ2n) is 6.38. The topological polar surface area (TPSA) is 125 Å². The van der Waals surface area contributed by atoms with E-state index >= 15 is 0 Å². The molecule has 0 aliphatic heterocycles. The zero-order valence-electron chi connectivity index (χ0n) is 16.6. The lowest BCUT2D eigenvalue weighted by Gasteiger charge is -2.13. The molecular formula is C20H17F3N6O3. The van der Waals surface area contributed by atoms with Crippen LogP contribution in [-0.2, 0) is 15.8 Å². The SMILES string of the molecule is CC(=O)NCCOc1ccc(-c2ncc(C(F)(F)F)[nH]2)cc1NC(=O)C#Cc1cn[nH]c1. The molecule has 0 unspecified atom stereocenters. The van der Waals surface area contributed by atoms with Crippen molar-refractivity contribution >= 4 is 17.5 Å². The third-order valence-electron chi connectivity index (χ3n) is 3.93. The van der Waals surface area contributed by atoms with E-state index in [9.17, 15) is 22.8 Å². The largest absolute Gasteiger partial charge is 0.490 e. The van der Waals surface area contributed by atoms with Crippen LogP contribution in [0.1, 0.15) is 18.2 Å². The number of alkyl halides is 3. The van der Waals surface area contributed by atoms with E-state index in [4.69, 9.17) is 4.74 Å². The number of aromatic nitrogens is 4. The van der Waals surface area contributed by atoms with Gasteiger partial charge < -0.3 is 20.4 Å². The van der Waals surface area contributed by atoms with E-state index < -0.39 is 17.8 Å². The summed E-state index contributed by atoms with van der Waals surface area (Å²) < 4.78 is 44.2. The van der Waals surface area contributed by atoms with Crippen LogP contribution in [0.15, 0.2) is 36.8 Å². The van der Waals surface area contributed by atoms with Crippen LogP contribution in [-0.4, -0.2) is 45.1 Å². The molecule has 0 radical (unpaired) electrons.